The highest BCUT2D eigenvalue weighted by molar-refractivity contribution is 6.35. The van der Waals surface area contributed by atoms with Gasteiger partial charge in [-0.15, -0.1) is 0 Å². The molecular weight excluding hydrogens is 555 g/mol. The zero-order chi connectivity index (χ0) is 27.6. The molecule has 4 aromatic carbocycles. The maximum atomic E-state index is 13.7. The van der Waals surface area contributed by atoms with E-state index in [4.69, 9.17) is 39.5 Å². The molecule has 1 unspecified atom stereocenters. The summed E-state index contributed by atoms with van der Waals surface area (Å²) in [6, 6.07) is 30.2. The van der Waals surface area contributed by atoms with Crippen LogP contribution in [0.2, 0.25) is 15.1 Å². The van der Waals surface area contributed by atoms with Crippen LogP contribution in [0.4, 0.5) is 0 Å². The highest BCUT2D eigenvalue weighted by Crippen LogP contribution is 2.22. The lowest BCUT2D eigenvalue weighted by atomic mass is 10.0. The van der Waals surface area contributed by atoms with Crippen molar-refractivity contribution in [3.05, 3.63) is 135 Å². The molecule has 0 saturated carbocycles. The fourth-order valence-electron chi connectivity index (χ4n) is 4.05. The first-order chi connectivity index (χ1) is 18.9. The number of carbonyl (C=O) groups is 2. The monoisotopic (exact) mass is 580 g/mol. The summed E-state index contributed by atoms with van der Waals surface area (Å²) in [6.07, 6.45) is 0.311. The third kappa shape index (κ3) is 8.49. The quantitative estimate of drug-likeness (QED) is 0.208. The van der Waals surface area contributed by atoms with Crippen molar-refractivity contribution in [1.29, 1.82) is 0 Å². The molecule has 0 fully saturated rings. The Balaban J connectivity index is 1.61. The van der Waals surface area contributed by atoms with E-state index in [0.29, 0.717) is 27.2 Å². The number of ether oxygens (including phenoxy) is 1. The zero-order valence-corrected chi connectivity index (χ0v) is 23.3. The normalized spacial score (nSPS) is 11.5. The van der Waals surface area contributed by atoms with Gasteiger partial charge in [0.15, 0.2) is 6.61 Å². The number of nitrogens with zero attached hydrogens (tertiary/aromatic N) is 1. The average molecular weight is 582 g/mol. The van der Waals surface area contributed by atoms with Gasteiger partial charge in [0.05, 0.1) is 0 Å². The Morgan fingerprint density at radius 2 is 1.41 bits per heavy atom. The van der Waals surface area contributed by atoms with Gasteiger partial charge in [0.1, 0.15) is 11.8 Å². The number of hydrogen-bond donors (Lipinski definition) is 1. The van der Waals surface area contributed by atoms with Crippen LogP contribution in [0.15, 0.2) is 103 Å². The van der Waals surface area contributed by atoms with Crippen LogP contribution in [-0.2, 0) is 29.1 Å². The van der Waals surface area contributed by atoms with Gasteiger partial charge in [0, 0.05) is 34.6 Å². The second-order valence-electron chi connectivity index (χ2n) is 8.91. The minimum absolute atomic E-state index is 0.184. The molecule has 39 heavy (non-hydrogen) atoms. The van der Waals surface area contributed by atoms with Gasteiger partial charge in [-0.05, 0) is 53.1 Å². The van der Waals surface area contributed by atoms with Crippen LogP contribution >= 0.6 is 34.8 Å². The third-order valence-corrected chi connectivity index (χ3v) is 6.95. The largest absolute Gasteiger partial charge is 0.484 e. The van der Waals surface area contributed by atoms with E-state index in [9.17, 15) is 9.59 Å². The highest BCUT2D eigenvalue weighted by atomic mass is 35.5. The molecule has 2 amide bonds. The van der Waals surface area contributed by atoms with Crippen LogP contribution in [-0.4, -0.2) is 29.4 Å². The van der Waals surface area contributed by atoms with Gasteiger partial charge in [0.25, 0.3) is 5.91 Å². The van der Waals surface area contributed by atoms with E-state index < -0.39 is 6.04 Å². The Labute approximate surface area is 243 Å². The molecule has 0 aliphatic rings. The number of para-hydroxylation sites is 1. The minimum Gasteiger partial charge on any atom is -0.484 e. The lowest BCUT2D eigenvalue weighted by Gasteiger charge is -2.31. The molecule has 4 aromatic rings. The molecule has 0 spiro atoms. The van der Waals surface area contributed by atoms with Crippen LogP contribution in [0.1, 0.15) is 16.7 Å². The van der Waals surface area contributed by atoms with Crippen LogP contribution < -0.4 is 10.1 Å². The number of benzene rings is 4. The van der Waals surface area contributed by atoms with Crippen molar-refractivity contribution in [2.75, 3.05) is 6.61 Å². The smallest absolute Gasteiger partial charge is 0.261 e. The predicted octanol–water partition coefficient (Wildman–Crippen LogP) is 6.98. The number of hydrogen-bond acceptors (Lipinski definition) is 3. The van der Waals surface area contributed by atoms with E-state index >= 15 is 0 Å². The second kappa shape index (κ2) is 14.0. The minimum atomic E-state index is -0.818. The SMILES string of the molecule is O=C(NCc1ccc(Cl)cc1Cl)C(Cc1ccccc1)N(Cc1ccc(Cl)cc1)C(=O)COc1ccccc1. The van der Waals surface area contributed by atoms with Gasteiger partial charge in [-0.3, -0.25) is 9.59 Å². The van der Waals surface area contributed by atoms with Gasteiger partial charge in [-0.25, -0.2) is 0 Å². The van der Waals surface area contributed by atoms with Gasteiger partial charge in [-0.2, -0.15) is 0 Å². The summed E-state index contributed by atoms with van der Waals surface area (Å²) >= 11 is 18.4. The number of nitrogens with one attached hydrogen (secondary N) is 1. The number of halogens is 3. The molecule has 1 atom stereocenters. The molecule has 8 heteroatoms. The van der Waals surface area contributed by atoms with E-state index in [2.05, 4.69) is 5.32 Å². The Morgan fingerprint density at radius 1 is 0.769 bits per heavy atom. The van der Waals surface area contributed by atoms with Crippen LogP contribution in [0.5, 0.6) is 5.75 Å². The Kier molecular flexibility index (Phi) is 10.3. The molecule has 0 bridgehead atoms. The van der Waals surface area contributed by atoms with Gasteiger partial charge in [-0.1, -0.05) is 102 Å². The standard InChI is InChI=1S/C31H27Cl3N2O3/c32-25-14-11-23(12-15-25)20-36(30(37)21-39-27-9-5-2-6-10-27)29(17-22-7-3-1-4-8-22)31(38)35-19-24-13-16-26(33)18-28(24)34/h1-16,18,29H,17,19-21H2,(H,35,38). The summed E-state index contributed by atoms with van der Waals surface area (Å²) in [6.45, 7) is 0.156. The van der Waals surface area contributed by atoms with Crippen molar-refractivity contribution in [3.63, 3.8) is 0 Å². The maximum Gasteiger partial charge on any atom is 0.261 e. The van der Waals surface area contributed by atoms with E-state index in [1.807, 2.05) is 60.7 Å². The predicted molar refractivity (Wildman–Crippen MR) is 156 cm³/mol. The molecule has 0 aliphatic heterocycles. The first-order valence-corrected chi connectivity index (χ1v) is 13.5. The van der Waals surface area contributed by atoms with Crippen LogP contribution in [0.25, 0.3) is 0 Å². The molecule has 5 nitrogen and oxygen atoms in total. The number of carbonyl (C=O) groups excluding carboxylic acids is 2. The molecule has 0 radical (unpaired) electrons. The van der Waals surface area contributed by atoms with Gasteiger partial charge < -0.3 is 15.0 Å². The summed E-state index contributed by atoms with van der Waals surface area (Å²) in [4.78, 5) is 28.9. The Morgan fingerprint density at radius 3 is 2.08 bits per heavy atom. The highest BCUT2D eigenvalue weighted by Gasteiger charge is 2.30. The maximum absolute atomic E-state index is 13.7. The van der Waals surface area contributed by atoms with E-state index in [-0.39, 0.29) is 31.5 Å². The number of amides is 2. The summed E-state index contributed by atoms with van der Waals surface area (Å²) in [7, 11) is 0. The number of rotatable bonds is 11. The van der Waals surface area contributed by atoms with Crippen LogP contribution in [0, 0.1) is 0 Å². The molecular formula is C31H27Cl3N2O3. The molecule has 200 valence electrons. The summed E-state index contributed by atoms with van der Waals surface area (Å²) in [5.74, 6) is -0.0694. The van der Waals surface area contributed by atoms with E-state index in [1.165, 1.54) is 0 Å². The van der Waals surface area contributed by atoms with E-state index in [0.717, 1.165) is 16.7 Å². The fraction of sp³-hybridized carbons (Fsp3) is 0.161. The van der Waals surface area contributed by atoms with Crippen molar-refractivity contribution < 1.29 is 14.3 Å². The first kappa shape index (κ1) is 28.5. The van der Waals surface area contributed by atoms with Crippen molar-refractivity contribution in [2.24, 2.45) is 0 Å². The molecule has 0 heterocycles. The Bertz CT molecular complexity index is 1380. The van der Waals surface area contributed by atoms with Crippen molar-refractivity contribution in [3.8, 4) is 5.75 Å². The van der Waals surface area contributed by atoms with Crippen molar-refractivity contribution >= 4 is 46.6 Å². The zero-order valence-electron chi connectivity index (χ0n) is 21.0. The Hall–Kier alpha value is -3.51. The van der Waals surface area contributed by atoms with Crippen LogP contribution in [0.3, 0.4) is 0 Å². The first-order valence-electron chi connectivity index (χ1n) is 12.4. The fourth-order valence-corrected chi connectivity index (χ4v) is 4.65. The topological polar surface area (TPSA) is 58.6 Å². The molecule has 4 rings (SSSR count). The summed E-state index contributed by atoms with van der Waals surface area (Å²) in [5.41, 5.74) is 2.47. The van der Waals surface area contributed by atoms with Gasteiger partial charge in [0.2, 0.25) is 5.91 Å². The summed E-state index contributed by atoms with van der Waals surface area (Å²) < 4.78 is 5.77. The molecule has 0 aliphatic carbocycles. The second-order valence-corrected chi connectivity index (χ2v) is 10.2. The summed E-state index contributed by atoms with van der Waals surface area (Å²) in [5, 5.41) is 4.51. The van der Waals surface area contributed by atoms with Crippen molar-refractivity contribution in [1.82, 2.24) is 10.2 Å². The third-order valence-electron chi connectivity index (χ3n) is 6.11. The van der Waals surface area contributed by atoms with Gasteiger partial charge >= 0.3 is 0 Å². The molecule has 0 saturated heterocycles. The molecule has 1 N–H and O–H groups in total. The average Bonchev–Trinajstić information content (AvgIpc) is 2.95. The lowest BCUT2D eigenvalue weighted by molar-refractivity contribution is -0.142. The van der Waals surface area contributed by atoms with Crippen molar-refractivity contribution in [2.45, 2.75) is 25.6 Å². The van der Waals surface area contributed by atoms with E-state index in [1.54, 1.807) is 47.4 Å². The molecule has 0 aromatic heterocycles. The lowest BCUT2D eigenvalue weighted by Crippen LogP contribution is -2.51.